The number of benzene rings is 1. The van der Waals surface area contributed by atoms with Crippen molar-refractivity contribution >= 4 is 11.2 Å². The van der Waals surface area contributed by atoms with Crippen molar-refractivity contribution in [2.45, 2.75) is 19.4 Å². The maximum atomic E-state index is 9.44. The van der Waals surface area contributed by atoms with Crippen molar-refractivity contribution in [3.8, 4) is 5.75 Å². The first-order valence-corrected chi connectivity index (χ1v) is 8.08. The van der Waals surface area contributed by atoms with E-state index in [9.17, 15) is 5.11 Å². The predicted octanol–water partition coefficient (Wildman–Crippen LogP) is 2.34. The van der Waals surface area contributed by atoms with Crippen LogP contribution in [0, 0.1) is 5.92 Å². The molecule has 1 fully saturated rings. The van der Waals surface area contributed by atoms with Gasteiger partial charge in [-0.05, 0) is 55.3 Å². The first-order valence-electron chi connectivity index (χ1n) is 8.08. The van der Waals surface area contributed by atoms with Gasteiger partial charge in [0.15, 0.2) is 5.65 Å². The van der Waals surface area contributed by atoms with Crippen molar-refractivity contribution in [3.05, 3.63) is 54.0 Å². The van der Waals surface area contributed by atoms with Gasteiger partial charge in [-0.1, -0.05) is 12.1 Å². The first kappa shape index (κ1) is 14.2. The summed E-state index contributed by atoms with van der Waals surface area (Å²) in [5.74, 6) is 1.96. The monoisotopic (exact) mass is 308 g/mol. The Balaban J connectivity index is 1.70. The molecule has 0 aliphatic carbocycles. The SMILES string of the molecule is Oc1ccc(Cc2nc3cccnc3n2CC2CCNC2)cc1. The second kappa shape index (κ2) is 6.01. The van der Waals surface area contributed by atoms with Crippen molar-refractivity contribution in [2.75, 3.05) is 13.1 Å². The van der Waals surface area contributed by atoms with Crippen molar-refractivity contribution in [3.63, 3.8) is 0 Å². The number of phenolic OH excluding ortho intramolecular Hbond substituents is 1. The van der Waals surface area contributed by atoms with Gasteiger partial charge < -0.3 is 15.0 Å². The number of phenols is 1. The van der Waals surface area contributed by atoms with E-state index in [4.69, 9.17) is 4.98 Å². The number of pyridine rings is 1. The summed E-state index contributed by atoms with van der Waals surface area (Å²) in [6, 6.07) is 11.3. The molecule has 0 radical (unpaired) electrons. The van der Waals surface area contributed by atoms with Crippen molar-refractivity contribution in [1.29, 1.82) is 0 Å². The molecule has 23 heavy (non-hydrogen) atoms. The lowest BCUT2D eigenvalue weighted by molar-refractivity contribution is 0.474. The molecule has 118 valence electrons. The number of nitrogens with one attached hydrogen (secondary N) is 1. The van der Waals surface area contributed by atoms with E-state index in [0.717, 1.165) is 48.6 Å². The molecule has 0 spiro atoms. The van der Waals surface area contributed by atoms with Crippen molar-refractivity contribution < 1.29 is 5.11 Å². The van der Waals surface area contributed by atoms with Crippen molar-refractivity contribution in [2.24, 2.45) is 5.92 Å². The number of rotatable bonds is 4. The van der Waals surface area contributed by atoms with Crippen LogP contribution in [0.15, 0.2) is 42.6 Å². The van der Waals surface area contributed by atoms with Gasteiger partial charge in [0.25, 0.3) is 0 Å². The first-order chi connectivity index (χ1) is 11.3. The minimum absolute atomic E-state index is 0.293. The average molecular weight is 308 g/mol. The summed E-state index contributed by atoms with van der Waals surface area (Å²) in [5.41, 5.74) is 3.06. The minimum Gasteiger partial charge on any atom is -0.508 e. The van der Waals surface area contributed by atoms with Crippen LogP contribution in [-0.2, 0) is 13.0 Å². The molecule has 5 heteroatoms. The number of aromatic hydroxyl groups is 1. The zero-order valence-electron chi connectivity index (χ0n) is 12.9. The van der Waals surface area contributed by atoms with Crippen LogP contribution in [0.3, 0.4) is 0 Å². The number of nitrogens with zero attached hydrogens (tertiary/aromatic N) is 3. The molecule has 2 aromatic heterocycles. The molecule has 1 aliphatic rings. The molecule has 1 aliphatic heterocycles. The number of fused-ring (bicyclic) bond motifs is 1. The van der Waals surface area contributed by atoms with Crippen LogP contribution in [-0.4, -0.2) is 32.7 Å². The summed E-state index contributed by atoms with van der Waals surface area (Å²) in [6.07, 6.45) is 3.78. The van der Waals surface area contributed by atoms with Crippen LogP contribution in [0.5, 0.6) is 5.75 Å². The Morgan fingerprint density at radius 1 is 1.22 bits per heavy atom. The lowest BCUT2D eigenvalue weighted by atomic mass is 10.1. The minimum atomic E-state index is 0.293. The lowest BCUT2D eigenvalue weighted by Gasteiger charge is -2.13. The maximum Gasteiger partial charge on any atom is 0.160 e. The van der Waals surface area contributed by atoms with Gasteiger partial charge in [-0.15, -0.1) is 0 Å². The highest BCUT2D eigenvalue weighted by Crippen LogP contribution is 2.21. The number of imidazole rings is 1. The fraction of sp³-hybridized carbons (Fsp3) is 0.333. The van der Waals surface area contributed by atoms with Gasteiger partial charge in [0.2, 0.25) is 0 Å². The fourth-order valence-corrected chi connectivity index (χ4v) is 3.26. The molecule has 3 heterocycles. The van der Waals surface area contributed by atoms with E-state index < -0.39 is 0 Å². The summed E-state index contributed by atoms with van der Waals surface area (Å²) in [4.78, 5) is 9.33. The Morgan fingerprint density at radius 2 is 2.09 bits per heavy atom. The highest BCUT2D eigenvalue weighted by atomic mass is 16.3. The molecule has 4 rings (SSSR count). The third-order valence-corrected chi connectivity index (χ3v) is 4.48. The van der Waals surface area contributed by atoms with Crippen LogP contribution in [0.2, 0.25) is 0 Å². The number of hydrogen-bond acceptors (Lipinski definition) is 4. The molecule has 0 bridgehead atoms. The number of hydrogen-bond donors (Lipinski definition) is 2. The molecule has 0 amide bonds. The second-order valence-corrected chi connectivity index (χ2v) is 6.19. The maximum absolute atomic E-state index is 9.44. The molecule has 1 saturated heterocycles. The normalized spacial score (nSPS) is 17.8. The molecule has 3 aromatic rings. The van der Waals surface area contributed by atoms with E-state index in [1.54, 1.807) is 12.1 Å². The molecule has 1 unspecified atom stereocenters. The third-order valence-electron chi connectivity index (χ3n) is 4.48. The standard InChI is InChI=1S/C18H20N4O/c23-15-5-3-13(4-6-15)10-17-21-16-2-1-8-20-18(16)22(17)12-14-7-9-19-11-14/h1-6,8,14,19,23H,7,9-12H2. The highest BCUT2D eigenvalue weighted by Gasteiger charge is 2.19. The summed E-state index contributed by atoms with van der Waals surface area (Å²) in [7, 11) is 0. The van der Waals surface area contributed by atoms with E-state index in [2.05, 4.69) is 14.9 Å². The second-order valence-electron chi connectivity index (χ2n) is 6.19. The largest absolute Gasteiger partial charge is 0.508 e. The van der Waals surface area contributed by atoms with Crippen LogP contribution in [0.25, 0.3) is 11.2 Å². The van der Waals surface area contributed by atoms with Crippen molar-refractivity contribution in [1.82, 2.24) is 19.9 Å². The average Bonchev–Trinajstić information content (AvgIpc) is 3.19. The molecule has 1 aromatic carbocycles. The molecule has 0 saturated carbocycles. The van der Waals surface area contributed by atoms with E-state index >= 15 is 0 Å². The zero-order chi connectivity index (χ0) is 15.6. The van der Waals surface area contributed by atoms with Gasteiger partial charge in [-0.2, -0.15) is 0 Å². The molecular weight excluding hydrogens is 288 g/mol. The van der Waals surface area contributed by atoms with E-state index in [0.29, 0.717) is 11.7 Å². The quantitative estimate of drug-likeness (QED) is 0.776. The van der Waals surface area contributed by atoms with E-state index in [-0.39, 0.29) is 0 Å². The molecule has 2 N–H and O–H groups in total. The van der Waals surface area contributed by atoms with Crippen LogP contribution >= 0.6 is 0 Å². The summed E-state index contributed by atoms with van der Waals surface area (Å²) in [6.45, 7) is 3.11. The lowest BCUT2D eigenvalue weighted by Crippen LogP contribution is -2.16. The number of aromatic nitrogens is 3. The van der Waals surface area contributed by atoms with Gasteiger partial charge in [0.05, 0.1) is 0 Å². The summed E-state index contributed by atoms with van der Waals surface area (Å²) in [5, 5.41) is 12.9. The molecular formula is C18H20N4O. The van der Waals surface area contributed by atoms with Crippen LogP contribution in [0.1, 0.15) is 17.8 Å². The van der Waals surface area contributed by atoms with Gasteiger partial charge in [0.1, 0.15) is 17.1 Å². The Morgan fingerprint density at radius 3 is 2.87 bits per heavy atom. The van der Waals surface area contributed by atoms with Gasteiger partial charge in [-0.25, -0.2) is 9.97 Å². The van der Waals surface area contributed by atoms with Crippen LogP contribution in [0.4, 0.5) is 0 Å². The molecule has 1 atom stereocenters. The van der Waals surface area contributed by atoms with Crippen LogP contribution < -0.4 is 5.32 Å². The Kier molecular flexibility index (Phi) is 3.71. The third kappa shape index (κ3) is 2.92. The Bertz CT molecular complexity index is 804. The summed E-state index contributed by atoms with van der Waals surface area (Å²) >= 11 is 0. The molecule has 5 nitrogen and oxygen atoms in total. The van der Waals surface area contributed by atoms with Gasteiger partial charge in [-0.3, -0.25) is 0 Å². The summed E-state index contributed by atoms with van der Waals surface area (Å²) < 4.78 is 2.26. The Hall–Kier alpha value is -2.40. The van der Waals surface area contributed by atoms with Gasteiger partial charge >= 0.3 is 0 Å². The zero-order valence-corrected chi connectivity index (χ0v) is 12.9. The smallest absolute Gasteiger partial charge is 0.160 e. The predicted molar refractivity (Wildman–Crippen MR) is 89.4 cm³/mol. The Labute approximate surface area is 135 Å². The van der Waals surface area contributed by atoms with E-state index in [1.807, 2.05) is 30.5 Å². The van der Waals surface area contributed by atoms with E-state index in [1.165, 1.54) is 6.42 Å². The highest BCUT2D eigenvalue weighted by molar-refractivity contribution is 5.71. The topological polar surface area (TPSA) is 63.0 Å². The fourth-order valence-electron chi connectivity index (χ4n) is 3.26. The van der Waals surface area contributed by atoms with Gasteiger partial charge in [0, 0.05) is 19.2 Å².